The highest BCUT2D eigenvalue weighted by Gasteiger charge is 2.94. The molecule has 0 aliphatic rings. The van der Waals surface area contributed by atoms with Crippen LogP contribution < -0.4 is 10.4 Å². The number of nitrogens with zero attached hydrogens (tertiary/aromatic N) is 1. The van der Waals surface area contributed by atoms with Gasteiger partial charge in [-0.15, -0.1) is 0 Å². The topological polar surface area (TPSA) is 110 Å². The zero-order chi connectivity index (χ0) is 32.2. The van der Waals surface area contributed by atoms with E-state index >= 15 is 0 Å². The largest absolute Gasteiger partial charge is 0.550 e. The second-order valence-electron chi connectivity index (χ2n) is 8.36. The first kappa shape index (κ1) is 37.8. The van der Waals surface area contributed by atoms with Gasteiger partial charge in [0, 0.05) is 25.4 Å². The highest BCUT2D eigenvalue weighted by atomic mass is 19.4. The fourth-order valence-corrected chi connectivity index (χ4v) is 3.26. The standard InChI is InChI=1S/C18H21F15N2O5/c19-12(20,11(40)34-3-1-4-35(6-8-36,7-9-37)5-2-10(38)39)13(21,22)14(23,24)15(25,26)16(27,28)17(29,30)18(31,32)33/h36-37H,1-9H2,(H-,34,38,39,40). The van der Waals surface area contributed by atoms with Crippen LogP contribution in [0.3, 0.4) is 0 Å². The Bertz CT molecular complexity index is 874. The van der Waals surface area contributed by atoms with Gasteiger partial charge >= 0.3 is 41.7 Å². The first-order chi connectivity index (χ1) is 17.7. The monoisotopic (exact) mass is 630 g/mol. The van der Waals surface area contributed by atoms with Gasteiger partial charge in [0.25, 0.3) is 5.91 Å². The number of carboxylic acids is 1. The first-order valence-electron chi connectivity index (χ1n) is 10.6. The maximum Gasteiger partial charge on any atom is 0.460 e. The van der Waals surface area contributed by atoms with Crippen LogP contribution in [0.5, 0.6) is 0 Å². The molecule has 22 heteroatoms. The van der Waals surface area contributed by atoms with Crippen molar-refractivity contribution in [1.82, 2.24) is 5.32 Å². The van der Waals surface area contributed by atoms with Crippen LogP contribution in [-0.2, 0) is 9.59 Å². The quantitative estimate of drug-likeness (QED) is 0.129. The third kappa shape index (κ3) is 6.80. The van der Waals surface area contributed by atoms with E-state index < -0.39 is 97.2 Å². The molecule has 1 amide bonds. The highest BCUT2D eigenvalue weighted by Crippen LogP contribution is 2.62. The van der Waals surface area contributed by atoms with Crippen LogP contribution in [0.25, 0.3) is 0 Å². The minimum atomic E-state index is -8.52. The van der Waals surface area contributed by atoms with Gasteiger partial charge in [0.05, 0.1) is 26.3 Å². The molecule has 0 atom stereocenters. The van der Waals surface area contributed by atoms with Crippen molar-refractivity contribution in [3.63, 3.8) is 0 Å². The van der Waals surface area contributed by atoms with Gasteiger partial charge in [0.1, 0.15) is 13.1 Å². The zero-order valence-corrected chi connectivity index (χ0v) is 19.6. The van der Waals surface area contributed by atoms with E-state index in [4.69, 9.17) is 10.2 Å². The van der Waals surface area contributed by atoms with Crippen molar-refractivity contribution in [2.45, 2.75) is 54.6 Å². The van der Waals surface area contributed by atoms with Crippen LogP contribution >= 0.6 is 0 Å². The van der Waals surface area contributed by atoms with Gasteiger partial charge in [-0.2, -0.15) is 65.9 Å². The number of halogens is 15. The van der Waals surface area contributed by atoms with Crippen LogP contribution in [0.2, 0.25) is 0 Å². The Labute approximate surface area is 214 Å². The summed E-state index contributed by atoms with van der Waals surface area (Å²) in [6.07, 6.45) is -9.09. The summed E-state index contributed by atoms with van der Waals surface area (Å²) in [5.41, 5.74) is 0. The SMILES string of the molecule is O=C([O-])CC[N+](CCO)(CCO)CCCNC(=O)C(F)(F)C(F)(F)C(F)(F)C(F)(F)C(F)(F)C(F)(F)C(F)(F)F. The Morgan fingerprint density at radius 2 is 1.02 bits per heavy atom. The van der Waals surface area contributed by atoms with Gasteiger partial charge in [-0.1, -0.05) is 0 Å². The molecule has 0 heterocycles. The fraction of sp³-hybridized carbons (Fsp3) is 0.889. The first-order valence-corrected chi connectivity index (χ1v) is 10.6. The molecule has 0 aromatic rings. The number of hydrogen-bond acceptors (Lipinski definition) is 5. The van der Waals surface area contributed by atoms with Crippen LogP contribution in [0, 0.1) is 0 Å². The molecule has 0 aliphatic carbocycles. The number of hydrogen-bond donors (Lipinski definition) is 3. The Hall–Kier alpha value is -2.23. The Morgan fingerprint density at radius 3 is 1.40 bits per heavy atom. The van der Waals surface area contributed by atoms with Gasteiger partial charge in [-0.3, -0.25) is 4.79 Å². The average molecular weight is 630 g/mol. The van der Waals surface area contributed by atoms with E-state index in [0.29, 0.717) is 0 Å². The van der Waals surface area contributed by atoms with Gasteiger partial charge in [0.2, 0.25) is 0 Å². The maximum atomic E-state index is 13.9. The summed E-state index contributed by atoms with van der Waals surface area (Å²) in [6, 6.07) is 0. The molecule has 7 nitrogen and oxygen atoms in total. The van der Waals surface area contributed by atoms with Gasteiger partial charge in [0.15, 0.2) is 0 Å². The minimum absolute atomic E-state index is 0.311. The van der Waals surface area contributed by atoms with Gasteiger partial charge in [-0.25, -0.2) is 0 Å². The van der Waals surface area contributed by atoms with Crippen molar-refractivity contribution in [2.75, 3.05) is 45.9 Å². The van der Waals surface area contributed by atoms with E-state index in [9.17, 15) is 80.6 Å². The van der Waals surface area contributed by atoms with E-state index in [-0.39, 0.29) is 19.6 Å². The molecule has 0 saturated carbocycles. The van der Waals surface area contributed by atoms with Crippen molar-refractivity contribution in [2.24, 2.45) is 0 Å². The molecule has 0 spiro atoms. The van der Waals surface area contributed by atoms with E-state index in [1.807, 2.05) is 0 Å². The van der Waals surface area contributed by atoms with Crippen molar-refractivity contribution < 1.29 is 95.2 Å². The fourth-order valence-electron chi connectivity index (χ4n) is 3.26. The van der Waals surface area contributed by atoms with Crippen molar-refractivity contribution in [1.29, 1.82) is 0 Å². The number of amides is 1. The van der Waals surface area contributed by atoms with Gasteiger partial charge in [-0.05, 0) is 0 Å². The summed E-state index contributed by atoms with van der Waals surface area (Å²) < 4.78 is 197. The molecule has 0 saturated heterocycles. The van der Waals surface area contributed by atoms with E-state index in [1.54, 1.807) is 0 Å². The Morgan fingerprint density at radius 1 is 0.625 bits per heavy atom. The van der Waals surface area contributed by atoms with Crippen molar-refractivity contribution >= 4 is 11.9 Å². The number of alkyl halides is 15. The maximum absolute atomic E-state index is 13.9. The Balaban J connectivity index is 5.94. The Kier molecular flexibility index (Phi) is 11.6. The number of carbonyl (C=O) groups is 2. The summed E-state index contributed by atoms with van der Waals surface area (Å²) in [4.78, 5) is 22.2. The lowest BCUT2D eigenvalue weighted by Crippen LogP contribution is -2.74. The lowest BCUT2D eigenvalue weighted by Gasteiger charge is -2.41. The number of quaternary nitrogens is 1. The summed E-state index contributed by atoms with van der Waals surface area (Å²) in [5.74, 6) is -53.7. The minimum Gasteiger partial charge on any atom is -0.550 e. The number of aliphatic hydroxyl groups excluding tert-OH is 2. The average Bonchev–Trinajstić information content (AvgIpc) is 2.79. The molecule has 40 heavy (non-hydrogen) atoms. The molecule has 238 valence electrons. The number of aliphatic hydroxyl groups is 2. The number of carbonyl (C=O) groups excluding carboxylic acids is 2. The predicted molar refractivity (Wildman–Crippen MR) is 96.9 cm³/mol. The normalized spacial score (nSPS) is 14.8. The van der Waals surface area contributed by atoms with E-state index in [2.05, 4.69) is 0 Å². The molecule has 3 N–H and O–H groups in total. The zero-order valence-electron chi connectivity index (χ0n) is 19.6. The van der Waals surface area contributed by atoms with Gasteiger partial charge < -0.3 is 29.9 Å². The van der Waals surface area contributed by atoms with Crippen molar-refractivity contribution in [3.8, 4) is 0 Å². The molecule has 0 aromatic carbocycles. The van der Waals surface area contributed by atoms with E-state index in [0.717, 1.165) is 5.32 Å². The number of rotatable bonds is 17. The molecule has 0 radical (unpaired) electrons. The molecule has 0 aliphatic heterocycles. The second-order valence-corrected chi connectivity index (χ2v) is 8.36. The summed E-state index contributed by atoms with van der Waals surface area (Å²) in [7, 11) is 0. The number of aliphatic carboxylic acids is 1. The smallest absolute Gasteiger partial charge is 0.460 e. The number of nitrogens with one attached hydrogen (secondary N) is 1. The molecule has 0 unspecified atom stereocenters. The molecule has 0 rings (SSSR count). The van der Waals surface area contributed by atoms with Crippen LogP contribution in [0.1, 0.15) is 12.8 Å². The van der Waals surface area contributed by atoms with Crippen LogP contribution in [0.4, 0.5) is 65.9 Å². The summed E-state index contributed by atoms with van der Waals surface area (Å²) in [6.45, 7) is -4.00. The molecule has 0 aromatic heterocycles. The van der Waals surface area contributed by atoms with E-state index in [1.165, 1.54) is 0 Å². The predicted octanol–water partition coefficient (Wildman–Crippen LogP) is 1.81. The summed E-state index contributed by atoms with van der Waals surface area (Å²) >= 11 is 0. The highest BCUT2D eigenvalue weighted by molar-refractivity contribution is 5.84. The molecule has 0 bridgehead atoms. The summed E-state index contributed by atoms with van der Waals surface area (Å²) in [5, 5.41) is 29.8. The van der Waals surface area contributed by atoms with Crippen LogP contribution in [-0.4, -0.2) is 114 Å². The lowest BCUT2D eigenvalue weighted by atomic mass is 9.91. The third-order valence-electron chi connectivity index (χ3n) is 5.65. The second kappa shape index (κ2) is 12.3. The van der Waals surface area contributed by atoms with Crippen molar-refractivity contribution in [3.05, 3.63) is 0 Å². The third-order valence-corrected chi connectivity index (χ3v) is 5.65. The molecular formula is C18H21F15N2O5. The number of carboxylic acid groups (broad SMARTS) is 1. The van der Waals surface area contributed by atoms with Crippen LogP contribution in [0.15, 0.2) is 0 Å². The molecule has 0 fully saturated rings. The lowest BCUT2D eigenvalue weighted by molar-refractivity contribution is -0.928. The molecular weight excluding hydrogens is 609 g/mol.